The molecule has 1 aromatic carbocycles. The van der Waals surface area contributed by atoms with E-state index in [1.54, 1.807) is 4.90 Å². The van der Waals surface area contributed by atoms with Gasteiger partial charge < -0.3 is 25.2 Å². The summed E-state index contributed by atoms with van der Waals surface area (Å²) in [5.74, 6) is 0.320. The van der Waals surface area contributed by atoms with Gasteiger partial charge in [-0.25, -0.2) is 0 Å². The summed E-state index contributed by atoms with van der Waals surface area (Å²) < 4.78 is 5.91. The van der Waals surface area contributed by atoms with E-state index in [1.807, 2.05) is 13.0 Å². The molecule has 0 unspecified atom stereocenters. The standard InChI is InChI=1S/C21H29N3O4S/c1-2-22-21-23-15-16(25)17(26)18(28-20(15)29-21)19(27)24-10-8-14(9-11-24)12-13-6-4-3-5-7-13/h3-7,14-18,20,25-26H,2,8-12H2,1H3,(H,22,23)/t15-,16-,17+,18+,20-/m1/s1. The molecule has 0 aliphatic carbocycles. The highest BCUT2D eigenvalue weighted by Gasteiger charge is 2.51. The average molecular weight is 420 g/mol. The number of amides is 1. The number of nitrogens with one attached hydrogen (secondary N) is 1. The van der Waals surface area contributed by atoms with Crippen molar-refractivity contribution in [1.29, 1.82) is 0 Å². The summed E-state index contributed by atoms with van der Waals surface area (Å²) in [5.41, 5.74) is 0.874. The third-order valence-corrected chi connectivity index (χ3v) is 7.02. The second-order valence-electron chi connectivity index (χ2n) is 7.94. The molecule has 0 bridgehead atoms. The van der Waals surface area contributed by atoms with Gasteiger partial charge in [-0.1, -0.05) is 42.1 Å². The molecular formula is C21H29N3O4S. The first-order valence-electron chi connectivity index (χ1n) is 10.4. The van der Waals surface area contributed by atoms with Crippen molar-refractivity contribution >= 4 is 22.8 Å². The number of fused-ring (bicyclic) bond motifs is 1. The summed E-state index contributed by atoms with van der Waals surface area (Å²) in [5, 5.41) is 24.8. The van der Waals surface area contributed by atoms with Crippen LogP contribution in [0.15, 0.2) is 35.3 Å². The molecule has 0 aromatic heterocycles. The number of hydrogen-bond donors (Lipinski definition) is 3. The number of rotatable bonds is 4. The molecule has 3 aliphatic rings. The maximum atomic E-state index is 13.0. The van der Waals surface area contributed by atoms with Crippen LogP contribution in [0.3, 0.4) is 0 Å². The van der Waals surface area contributed by atoms with Gasteiger partial charge in [0.2, 0.25) is 0 Å². The second-order valence-corrected chi connectivity index (χ2v) is 9.02. The molecule has 3 heterocycles. The van der Waals surface area contributed by atoms with Gasteiger partial charge in [0.25, 0.3) is 5.91 Å². The van der Waals surface area contributed by atoms with E-state index in [4.69, 9.17) is 4.74 Å². The zero-order valence-corrected chi connectivity index (χ0v) is 17.4. The van der Waals surface area contributed by atoms with Gasteiger partial charge in [0, 0.05) is 19.6 Å². The second kappa shape index (κ2) is 9.04. The SMILES string of the molecule is CCNC1=N[C@@H]2[C@@H](O)[C@H](O)[C@@H](C(=O)N3CCC(Cc4ccccc4)CC3)O[C@@H]2S1. The smallest absolute Gasteiger partial charge is 0.254 e. The van der Waals surface area contributed by atoms with E-state index in [0.717, 1.165) is 19.3 Å². The normalized spacial score (nSPS) is 32.6. The van der Waals surface area contributed by atoms with Crippen LogP contribution in [0.5, 0.6) is 0 Å². The monoisotopic (exact) mass is 419 g/mol. The molecule has 4 rings (SSSR count). The molecule has 1 amide bonds. The molecule has 0 spiro atoms. The Morgan fingerprint density at radius 2 is 1.97 bits per heavy atom. The molecule has 2 fully saturated rings. The Labute approximate surface area is 175 Å². The topological polar surface area (TPSA) is 94.4 Å². The maximum Gasteiger partial charge on any atom is 0.254 e. The van der Waals surface area contributed by atoms with E-state index >= 15 is 0 Å². The van der Waals surface area contributed by atoms with E-state index in [2.05, 4.69) is 34.6 Å². The zero-order chi connectivity index (χ0) is 20.4. The number of hydrogen-bond acceptors (Lipinski definition) is 7. The zero-order valence-electron chi connectivity index (χ0n) is 16.6. The number of aliphatic hydroxyl groups excluding tert-OH is 2. The minimum atomic E-state index is -1.27. The van der Waals surface area contributed by atoms with Crippen LogP contribution in [0.1, 0.15) is 25.3 Å². The lowest BCUT2D eigenvalue weighted by Crippen LogP contribution is -2.60. The number of carbonyl (C=O) groups is 1. The number of ether oxygens (including phenoxy) is 1. The Bertz CT molecular complexity index is 739. The molecule has 7 nitrogen and oxygen atoms in total. The van der Waals surface area contributed by atoms with Crippen molar-refractivity contribution in [2.45, 2.75) is 56.0 Å². The van der Waals surface area contributed by atoms with Gasteiger partial charge >= 0.3 is 0 Å². The van der Waals surface area contributed by atoms with Crippen LogP contribution in [-0.4, -0.2) is 75.6 Å². The molecule has 158 valence electrons. The number of thioether (sulfide) groups is 1. The highest BCUT2D eigenvalue weighted by Crippen LogP contribution is 2.36. The molecule has 29 heavy (non-hydrogen) atoms. The Morgan fingerprint density at radius 3 is 2.66 bits per heavy atom. The number of aliphatic hydroxyl groups is 2. The van der Waals surface area contributed by atoms with Crippen molar-refractivity contribution in [3.05, 3.63) is 35.9 Å². The first-order valence-corrected chi connectivity index (χ1v) is 11.3. The molecule has 0 saturated carbocycles. The number of likely N-dealkylation sites (tertiary alicyclic amines) is 1. The number of benzene rings is 1. The Hall–Kier alpha value is -1.61. The van der Waals surface area contributed by atoms with Gasteiger partial charge in [0.05, 0.1) is 0 Å². The molecule has 0 radical (unpaired) electrons. The van der Waals surface area contributed by atoms with Crippen LogP contribution in [0.4, 0.5) is 0 Å². The van der Waals surface area contributed by atoms with Crippen molar-refractivity contribution in [2.75, 3.05) is 19.6 Å². The lowest BCUT2D eigenvalue weighted by atomic mass is 9.89. The Morgan fingerprint density at radius 1 is 1.24 bits per heavy atom. The van der Waals surface area contributed by atoms with Crippen molar-refractivity contribution < 1.29 is 19.7 Å². The number of amidine groups is 1. The van der Waals surface area contributed by atoms with E-state index in [9.17, 15) is 15.0 Å². The predicted octanol–water partition coefficient (Wildman–Crippen LogP) is 0.995. The van der Waals surface area contributed by atoms with Crippen LogP contribution in [-0.2, 0) is 16.0 Å². The largest absolute Gasteiger partial charge is 0.388 e. The van der Waals surface area contributed by atoms with Gasteiger partial charge in [-0.2, -0.15) is 0 Å². The third kappa shape index (κ3) is 4.45. The molecule has 1 aromatic rings. The van der Waals surface area contributed by atoms with Crippen LogP contribution in [0.25, 0.3) is 0 Å². The minimum absolute atomic E-state index is 0.231. The van der Waals surface area contributed by atoms with Crippen molar-refractivity contribution in [3.63, 3.8) is 0 Å². The van der Waals surface area contributed by atoms with Gasteiger partial charge in [-0.3, -0.25) is 9.79 Å². The number of aliphatic imine (C=N–C) groups is 1. The van der Waals surface area contributed by atoms with E-state index in [0.29, 0.717) is 30.7 Å². The number of piperidine rings is 1. The molecule has 2 saturated heterocycles. The molecule has 3 N–H and O–H groups in total. The summed E-state index contributed by atoms with van der Waals surface area (Å²) in [6.07, 6.45) is -0.533. The summed E-state index contributed by atoms with van der Waals surface area (Å²) in [7, 11) is 0. The first-order chi connectivity index (χ1) is 14.1. The quantitative estimate of drug-likeness (QED) is 0.674. The Kier molecular flexibility index (Phi) is 6.44. The molecule has 5 atom stereocenters. The van der Waals surface area contributed by atoms with Crippen LogP contribution in [0, 0.1) is 5.92 Å². The minimum Gasteiger partial charge on any atom is -0.388 e. The molecule has 3 aliphatic heterocycles. The van der Waals surface area contributed by atoms with Crippen molar-refractivity contribution in [2.24, 2.45) is 10.9 Å². The third-order valence-electron chi connectivity index (χ3n) is 5.93. The van der Waals surface area contributed by atoms with Gasteiger partial charge in [-0.15, -0.1) is 0 Å². The van der Waals surface area contributed by atoms with Crippen molar-refractivity contribution in [1.82, 2.24) is 10.2 Å². The van der Waals surface area contributed by atoms with E-state index in [-0.39, 0.29) is 5.91 Å². The van der Waals surface area contributed by atoms with Gasteiger partial charge in [0.1, 0.15) is 23.7 Å². The van der Waals surface area contributed by atoms with E-state index < -0.39 is 29.8 Å². The maximum absolute atomic E-state index is 13.0. The summed E-state index contributed by atoms with van der Waals surface area (Å²) >= 11 is 1.37. The fourth-order valence-electron chi connectivity index (χ4n) is 4.29. The highest BCUT2D eigenvalue weighted by molar-refractivity contribution is 8.14. The lowest BCUT2D eigenvalue weighted by molar-refractivity contribution is -0.180. The summed E-state index contributed by atoms with van der Waals surface area (Å²) in [4.78, 5) is 19.2. The fourth-order valence-corrected chi connectivity index (χ4v) is 5.45. The van der Waals surface area contributed by atoms with Crippen LogP contribution >= 0.6 is 11.8 Å². The van der Waals surface area contributed by atoms with E-state index in [1.165, 1.54) is 17.3 Å². The summed E-state index contributed by atoms with van der Waals surface area (Å²) in [6, 6.07) is 9.87. The predicted molar refractivity (Wildman–Crippen MR) is 113 cm³/mol. The van der Waals surface area contributed by atoms with Gasteiger partial charge in [-0.05, 0) is 37.7 Å². The fraction of sp³-hybridized carbons (Fsp3) is 0.619. The number of carbonyl (C=O) groups excluding carboxylic acids is 1. The van der Waals surface area contributed by atoms with Crippen LogP contribution < -0.4 is 5.32 Å². The van der Waals surface area contributed by atoms with Crippen LogP contribution in [0.2, 0.25) is 0 Å². The number of nitrogens with zero attached hydrogens (tertiary/aromatic N) is 2. The highest BCUT2D eigenvalue weighted by atomic mass is 32.2. The first kappa shape index (κ1) is 20.7. The van der Waals surface area contributed by atoms with Crippen molar-refractivity contribution in [3.8, 4) is 0 Å². The average Bonchev–Trinajstić information content (AvgIpc) is 3.15. The molecular weight excluding hydrogens is 390 g/mol. The lowest BCUT2D eigenvalue weighted by Gasteiger charge is -2.41. The summed E-state index contributed by atoms with van der Waals surface area (Å²) in [6.45, 7) is 3.98. The molecule has 8 heteroatoms. The Balaban J connectivity index is 1.33. The van der Waals surface area contributed by atoms with Gasteiger partial charge in [0.15, 0.2) is 11.3 Å².